The number of aromatic nitrogens is 3. The molecule has 1 fully saturated rings. The van der Waals surface area contributed by atoms with Crippen molar-refractivity contribution in [1.29, 1.82) is 0 Å². The van der Waals surface area contributed by atoms with Crippen molar-refractivity contribution in [3.63, 3.8) is 0 Å². The molecular formula is C20H21N5O. The monoisotopic (exact) mass is 347 g/mol. The van der Waals surface area contributed by atoms with Gasteiger partial charge in [0.05, 0.1) is 6.20 Å². The topological polar surface area (TPSA) is 71.0 Å². The summed E-state index contributed by atoms with van der Waals surface area (Å²) in [4.78, 5) is 27.8. The highest BCUT2D eigenvalue weighted by molar-refractivity contribution is 6.01. The summed E-state index contributed by atoms with van der Waals surface area (Å²) in [5, 5.41) is 5.11. The highest BCUT2D eigenvalue weighted by atomic mass is 16.1. The van der Waals surface area contributed by atoms with E-state index in [9.17, 15) is 4.79 Å². The minimum absolute atomic E-state index is 0.00946. The number of fused-ring (bicyclic) bond motifs is 1. The Bertz CT molecular complexity index is 920. The number of anilines is 2. The van der Waals surface area contributed by atoms with Crippen molar-refractivity contribution in [1.82, 2.24) is 15.0 Å². The van der Waals surface area contributed by atoms with E-state index in [4.69, 9.17) is 0 Å². The summed E-state index contributed by atoms with van der Waals surface area (Å²) < 4.78 is 0. The van der Waals surface area contributed by atoms with Crippen LogP contribution in [0, 0.1) is 12.8 Å². The minimum Gasteiger partial charge on any atom is -0.355 e. The maximum atomic E-state index is 12.7. The predicted octanol–water partition coefficient (Wildman–Crippen LogP) is 3.19. The van der Waals surface area contributed by atoms with Crippen molar-refractivity contribution in [3.8, 4) is 0 Å². The largest absolute Gasteiger partial charge is 0.355 e. The molecule has 1 aromatic carbocycles. The minimum atomic E-state index is -0.00946. The summed E-state index contributed by atoms with van der Waals surface area (Å²) in [5.74, 6) is 1.56. The molecule has 3 heterocycles. The highest BCUT2D eigenvalue weighted by Crippen LogP contribution is 2.25. The zero-order chi connectivity index (χ0) is 17.9. The zero-order valence-corrected chi connectivity index (χ0v) is 14.7. The molecule has 26 heavy (non-hydrogen) atoms. The van der Waals surface area contributed by atoms with Crippen LogP contribution in [0.15, 0.2) is 49.1 Å². The molecule has 0 bridgehead atoms. The molecule has 3 aromatic rings. The van der Waals surface area contributed by atoms with Gasteiger partial charge >= 0.3 is 0 Å². The van der Waals surface area contributed by atoms with Crippen LogP contribution < -0.4 is 10.2 Å². The Balaban J connectivity index is 1.44. The van der Waals surface area contributed by atoms with Crippen LogP contribution in [0.5, 0.6) is 0 Å². The summed E-state index contributed by atoms with van der Waals surface area (Å²) in [6.07, 6.45) is 8.47. The van der Waals surface area contributed by atoms with E-state index in [1.807, 2.05) is 13.0 Å². The van der Waals surface area contributed by atoms with E-state index >= 15 is 0 Å². The standard InChI is InChI=1S/C20H21N5O/c1-14-2-3-15-4-7-23-19(17(15)12-14)24-20(26)16-5-10-25(11-6-16)18-13-21-8-9-22-18/h2-4,7-9,12-13,16H,5-6,10-11H2,1H3,(H,23,24,26). The summed E-state index contributed by atoms with van der Waals surface area (Å²) in [7, 11) is 0. The van der Waals surface area contributed by atoms with Crippen molar-refractivity contribution in [3.05, 3.63) is 54.6 Å². The van der Waals surface area contributed by atoms with Gasteiger partial charge in [-0.3, -0.25) is 9.78 Å². The second-order valence-corrected chi connectivity index (χ2v) is 6.70. The second-order valence-electron chi connectivity index (χ2n) is 6.70. The number of hydrogen-bond acceptors (Lipinski definition) is 5. The number of piperidine rings is 1. The zero-order valence-electron chi connectivity index (χ0n) is 14.7. The van der Waals surface area contributed by atoms with Gasteiger partial charge in [-0.2, -0.15) is 0 Å². The Hall–Kier alpha value is -3.02. The van der Waals surface area contributed by atoms with Crippen LogP contribution in [0.2, 0.25) is 0 Å². The van der Waals surface area contributed by atoms with Crippen molar-refractivity contribution < 1.29 is 4.79 Å². The average molecular weight is 347 g/mol. The molecule has 0 spiro atoms. The molecule has 0 saturated carbocycles. The van der Waals surface area contributed by atoms with E-state index in [0.717, 1.165) is 48.1 Å². The number of pyridine rings is 1. The van der Waals surface area contributed by atoms with Gasteiger partial charge in [0, 0.05) is 43.0 Å². The molecule has 0 aliphatic carbocycles. The molecule has 1 N–H and O–H groups in total. The Labute approximate surface area is 152 Å². The fourth-order valence-corrected chi connectivity index (χ4v) is 3.43. The third-order valence-corrected chi connectivity index (χ3v) is 4.90. The third kappa shape index (κ3) is 3.35. The van der Waals surface area contributed by atoms with Crippen molar-refractivity contribution >= 4 is 28.3 Å². The number of benzene rings is 1. The molecule has 1 amide bonds. The van der Waals surface area contributed by atoms with Gasteiger partial charge in [0.1, 0.15) is 11.6 Å². The summed E-state index contributed by atoms with van der Waals surface area (Å²) in [6.45, 7) is 3.65. The summed E-state index contributed by atoms with van der Waals surface area (Å²) in [6, 6.07) is 8.15. The molecule has 0 atom stereocenters. The first-order chi connectivity index (χ1) is 12.7. The van der Waals surface area contributed by atoms with Gasteiger partial charge < -0.3 is 10.2 Å². The number of carbonyl (C=O) groups excluding carboxylic acids is 1. The number of carbonyl (C=O) groups is 1. The number of nitrogens with one attached hydrogen (secondary N) is 1. The molecule has 0 radical (unpaired) electrons. The lowest BCUT2D eigenvalue weighted by Crippen LogP contribution is -2.38. The number of aryl methyl sites for hydroxylation is 1. The van der Waals surface area contributed by atoms with Gasteiger partial charge in [0.15, 0.2) is 0 Å². The fourth-order valence-electron chi connectivity index (χ4n) is 3.43. The molecule has 0 unspecified atom stereocenters. The van der Waals surface area contributed by atoms with Crippen LogP contribution in [0.3, 0.4) is 0 Å². The van der Waals surface area contributed by atoms with E-state index in [2.05, 4.69) is 43.4 Å². The molecule has 1 aliphatic heterocycles. The molecule has 1 saturated heterocycles. The smallest absolute Gasteiger partial charge is 0.228 e. The van der Waals surface area contributed by atoms with Gasteiger partial charge in [0.2, 0.25) is 5.91 Å². The van der Waals surface area contributed by atoms with Crippen LogP contribution in [0.1, 0.15) is 18.4 Å². The van der Waals surface area contributed by atoms with Gasteiger partial charge in [-0.1, -0.05) is 17.7 Å². The van der Waals surface area contributed by atoms with Gasteiger partial charge in [-0.05, 0) is 37.3 Å². The number of hydrogen-bond donors (Lipinski definition) is 1. The number of nitrogens with zero attached hydrogens (tertiary/aromatic N) is 4. The quantitative estimate of drug-likeness (QED) is 0.788. The van der Waals surface area contributed by atoms with Crippen LogP contribution in [-0.4, -0.2) is 33.9 Å². The van der Waals surface area contributed by atoms with Crippen molar-refractivity contribution in [2.45, 2.75) is 19.8 Å². The maximum Gasteiger partial charge on any atom is 0.228 e. The van der Waals surface area contributed by atoms with Crippen LogP contribution in [0.4, 0.5) is 11.6 Å². The lowest BCUT2D eigenvalue weighted by atomic mass is 9.96. The molecule has 4 rings (SSSR count). The third-order valence-electron chi connectivity index (χ3n) is 4.90. The fraction of sp³-hybridized carbons (Fsp3) is 0.300. The number of rotatable bonds is 3. The molecule has 1 aliphatic rings. The first-order valence-electron chi connectivity index (χ1n) is 8.88. The van der Waals surface area contributed by atoms with E-state index in [1.165, 1.54) is 0 Å². The molecule has 6 heteroatoms. The highest BCUT2D eigenvalue weighted by Gasteiger charge is 2.26. The summed E-state index contributed by atoms with van der Waals surface area (Å²) >= 11 is 0. The van der Waals surface area contributed by atoms with E-state index in [-0.39, 0.29) is 11.8 Å². The Morgan fingerprint density at radius 3 is 2.73 bits per heavy atom. The molecule has 132 valence electrons. The average Bonchev–Trinajstić information content (AvgIpc) is 2.69. The van der Waals surface area contributed by atoms with Crippen LogP contribution in [-0.2, 0) is 4.79 Å². The Morgan fingerprint density at radius 2 is 1.96 bits per heavy atom. The molecular weight excluding hydrogens is 326 g/mol. The van der Waals surface area contributed by atoms with Crippen LogP contribution >= 0.6 is 0 Å². The van der Waals surface area contributed by atoms with Crippen molar-refractivity contribution in [2.75, 3.05) is 23.3 Å². The predicted molar refractivity (Wildman–Crippen MR) is 102 cm³/mol. The Morgan fingerprint density at radius 1 is 1.12 bits per heavy atom. The van der Waals surface area contributed by atoms with E-state index in [1.54, 1.807) is 24.8 Å². The maximum absolute atomic E-state index is 12.7. The van der Waals surface area contributed by atoms with Gasteiger partial charge in [0.25, 0.3) is 0 Å². The first-order valence-corrected chi connectivity index (χ1v) is 8.88. The Kier molecular flexibility index (Phi) is 4.48. The molecule has 2 aromatic heterocycles. The lowest BCUT2D eigenvalue weighted by Gasteiger charge is -2.31. The second kappa shape index (κ2) is 7.07. The summed E-state index contributed by atoms with van der Waals surface area (Å²) in [5.41, 5.74) is 1.15. The van der Waals surface area contributed by atoms with Gasteiger partial charge in [-0.25, -0.2) is 9.97 Å². The molecule has 6 nitrogen and oxygen atoms in total. The first kappa shape index (κ1) is 16.4. The number of amides is 1. The SMILES string of the molecule is Cc1ccc2ccnc(NC(=O)C3CCN(c4cnccn4)CC3)c2c1. The van der Waals surface area contributed by atoms with Crippen molar-refractivity contribution in [2.24, 2.45) is 5.92 Å². The van der Waals surface area contributed by atoms with E-state index < -0.39 is 0 Å². The lowest BCUT2D eigenvalue weighted by molar-refractivity contribution is -0.120. The van der Waals surface area contributed by atoms with E-state index in [0.29, 0.717) is 5.82 Å². The van der Waals surface area contributed by atoms with Crippen LogP contribution in [0.25, 0.3) is 10.8 Å². The normalized spacial score (nSPS) is 15.2. The van der Waals surface area contributed by atoms with Gasteiger partial charge in [-0.15, -0.1) is 0 Å².